The van der Waals surface area contributed by atoms with Crippen LogP contribution in [0.3, 0.4) is 0 Å². The molecular weight excluding hydrogens is 406 g/mol. The fourth-order valence-corrected chi connectivity index (χ4v) is 2.14. The van der Waals surface area contributed by atoms with Crippen LogP contribution in [0.4, 0.5) is 0 Å². The Bertz CT molecular complexity index is 999. The lowest BCUT2D eigenvalue weighted by atomic mass is 10.2. The minimum absolute atomic E-state index is 0.0290. The van der Waals surface area contributed by atoms with Gasteiger partial charge in [0.2, 0.25) is 13.6 Å². The highest BCUT2D eigenvalue weighted by Gasteiger charge is 2.16. The zero-order valence-corrected chi connectivity index (χ0v) is 16.4. The largest absolute Gasteiger partial charge is 0.453 e. The Balaban J connectivity index is 2.19. The van der Waals surface area contributed by atoms with Crippen molar-refractivity contribution in [3.63, 3.8) is 0 Å². The van der Waals surface area contributed by atoms with E-state index in [1.165, 1.54) is 18.2 Å². The first-order chi connectivity index (χ1) is 15.0. The van der Waals surface area contributed by atoms with Gasteiger partial charge in [-0.1, -0.05) is 25.3 Å². The van der Waals surface area contributed by atoms with E-state index in [1.807, 2.05) is 0 Å². The van der Waals surface area contributed by atoms with Crippen LogP contribution in [-0.4, -0.2) is 37.7 Å². The summed E-state index contributed by atoms with van der Waals surface area (Å²) in [6, 6.07) is 10.7. The quantitative estimate of drug-likeness (QED) is 0.192. The van der Waals surface area contributed by atoms with E-state index in [1.54, 1.807) is 24.3 Å². The third-order valence-corrected chi connectivity index (χ3v) is 3.62. The highest BCUT2D eigenvalue weighted by molar-refractivity contribution is 5.93. The van der Waals surface area contributed by atoms with Crippen molar-refractivity contribution < 1.29 is 38.1 Å². The van der Waals surface area contributed by atoms with Crippen molar-refractivity contribution in [3.8, 4) is 17.2 Å². The van der Waals surface area contributed by atoms with Gasteiger partial charge in [-0.15, -0.1) is 0 Å². The van der Waals surface area contributed by atoms with E-state index in [0.717, 1.165) is 18.4 Å². The van der Waals surface area contributed by atoms with Gasteiger partial charge in [-0.25, -0.2) is 14.4 Å². The lowest BCUT2D eigenvalue weighted by molar-refractivity contribution is -0.146. The van der Waals surface area contributed by atoms with Crippen LogP contribution in [0, 0.1) is 5.41 Å². The maximum Gasteiger partial charge on any atom is 0.343 e. The van der Waals surface area contributed by atoms with Crippen LogP contribution >= 0.6 is 0 Å². The molecule has 0 spiro atoms. The Morgan fingerprint density at radius 3 is 2.06 bits per heavy atom. The summed E-state index contributed by atoms with van der Waals surface area (Å²) in [6.45, 7) is 5.62. The molecule has 9 nitrogen and oxygen atoms in total. The highest BCUT2D eigenvalue weighted by atomic mass is 16.7. The van der Waals surface area contributed by atoms with E-state index in [0.29, 0.717) is 5.56 Å². The van der Waals surface area contributed by atoms with Gasteiger partial charge in [-0.2, -0.15) is 0 Å². The van der Waals surface area contributed by atoms with Crippen molar-refractivity contribution in [2.45, 2.75) is 0 Å². The average molecular weight is 425 g/mol. The second-order valence-electron chi connectivity index (χ2n) is 5.59. The molecular formula is C22H19NO8. The van der Waals surface area contributed by atoms with Crippen LogP contribution < -0.4 is 14.2 Å². The highest BCUT2D eigenvalue weighted by Crippen LogP contribution is 2.29. The van der Waals surface area contributed by atoms with Gasteiger partial charge in [-0.3, -0.25) is 0 Å². The Kier molecular flexibility index (Phi) is 8.54. The Hall–Kier alpha value is -4.40. The fourth-order valence-electron chi connectivity index (χ4n) is 2.14. The molecule has 0 atom stereocenters. The number of para-hydroxylation sites is 1. The number of hydrogen-bond acceptors (Lipinski definition) is 9. The minimum atomic E-state index is -0.716. The molecule has 9 heteroatoms. The van der Waals surface area contributed by atoms with Gasteiger partial charge in [0.05, 0.1) is 5.56 Å². The molecule has 2 rings (SSSR count). The Labute approximate surface area is 177 Å². The number of benzene rings is 2. The number of esters is 3. The standard InChI is InChI=1S/C22H19NO8/c1-3-20(24)29-13-27-18-10-9-15(11-19(18)28-14-30-21(25)4-2)22(26)31-17-8-6-5-7-16(17)12-23/h3-12,23H,1-2,13-14H2. The summed E-state index contributed by atoms with van der Waals surface area (Å²) in [6.07, 6.45) is 3.00. The zero-order valence-electron chi connectivity index (χ0n) is 16.4. The van der Waals surface area contributed by atoms with E-state index < -0.39 is 31.5 Å². The van der Waals surface area contributed by atoms with Crippen molar-refractivity contribution in [3.05, 3.63) is 78.9 Å². The third kappa shape index (κ3) is 6.86. The smallest absolute Gasteiger partial charge is 0.343 e. The van der Waals surface area contributed by atoms with Crippen LogP contribution in [-0.2, 0) is 19.1 Å². The molecule has 2 aromatic carbocycles. The van der Waals surface area contributed by atoms with Crippen molar-refractivity contribution in [2.24, 2.45) is 0 Å². The van der Waals surface area contributed by atoms with Crippen molar-refractivity contribution in [2.75, 3.05) is 13.6 Å². The fraction of sp³-hybridized carbons (Fsp3) is 0.0909. The van der Waals surface area contributed by atoms with Gasteiger partial charge in [0.1, 0.15) is 5.75 Å². The van der Waals surface area contributed by atoms with Crippen LogP contribution in [0.1, 0.15) is 15.9 Å². The van der Waals surface area contributed by atoms with Crippen molar-refractivity contribution in [1.29, 1.82) is 5.41 Å². The van der Waals surface area contributed by atoms with Gasteiger partial charge in [0, 0.05) is 23.9 Å². The molecule has 2 aromatic rings. The van der Waals surface area contributed by atoms with Gasteiger partial charge < -0.3 is 29.1 Å². The molecule has 0 aliphatic heterocycles. The predicted molar refractivity (Wildman–Crippen MR) is 109 cm³/mol. The van der Waals surface area contributed by atoms with Crippen LogP contribution in [0.2, 0.25) is 0 Å². The normalized spacial score (nSPS) is 9.68. The molecule has 0 bridgehead atoms. The van der Waals surface area contributed by atoms with Gasteiger partial charge in [0.25, 0.3) is 0 Å². The summed E-state index contributed by atoms with van der Waals surface area (Å²) in [5, 5.41) is 7.39. The summed E-state index contributed by atoms with van der Waals surface area (Å²) in [5.41, 5.74) is 0.521. The zero-order chi connectivity index (χ0) is 22.6. The predicted octanol–water partition coefficient (Wildman–Crippen LogP) is 3.03. The molecule has 31 heavy (non-hydrogen) atoms. The monoisotopic (exact) mass is 425 g/mol. The number of ether oxygens (including phenoxy) is 5. The molecule has 1 N–H and O–H groups in total. The summed E-state index contributed by atoms with van der Waals surface area (Å²) < 4.78 is 25.5. The molecule has 160 valence electrons. The van der Waals surface area contributed by atoms with Crippen LogP contribution in [0.15, 0.2) is 67.8 Å². The van der Waals surface area contributed by atoms with Crippen molar-refractivity contribution >= 4 is 24.1 Å². The number of rotatable bonds is 11. The van der Waals surface area contributed by atoms with Gasteiger partial charge in [-0.05, 0) is 30.3 Å². The Morgan fingerprint density at radius 2 is 1.45 bits per heavy atom. The molecule has 0 aliphatic rings. The second kappa shape index (κ2) is 11.6. The lowest BCUT2D eigenvalue weighted by Gasteiger charge is -2.14. The third-order valence-electron chi connectivity index (χ3n) is 3.62. The molecule has 0 saturated carbocycles. The minimum Gasteiger partial charge on any atom is -0.453 e. The van der Waals surface area contributed by atoms with Crippen LogP contribution in [0.25, 0.3) is 0 Å². The molecule has 0 saturated heterocycles. The Morgan fingerprint density at radius 1 is 0.839 bits per heavy atom. The molecule has 0 heterocycles. The van der Waals surface area contributed by atoms with E-state index in [2.05, 4.69) is 13.2 Å². The molecule has 0 aliphatic carbocycles. The lowest BCUT2D eigenvalue weighted by Crippen LogP contribution is -2.13. The molecule has 0 radical (unpaired) electrons. The molecule has 0 amide bonds. The second-order valence-corrected chi connectivity index (χ2v) is 5.59. The topological polar surface area (TPSA) is 121 Å². The average Bonchev–Trinajstić information content (AvgIpc) is 2.79. The number of hydrogen-bond donors (Lipinski definition) is 1. The first-order valence-corrected chi connectivity index (χ1v) is 8.78. The summed E-state index contributed by atoms with van der Waals surface area (Å²) in [4.78, 5) is 34.9. The van der Waals surface area contributed by atoms with Gasteiger partial charge >= 0.3 is 17.9 Å². The summed E-state index contributed by atoms with van der Waals surface area (Å²) in [7, 11) is 0. The van der Waals surface area contributed by atoms with E-state index in [4.69, 9.17) is 29.1 Å². The number of carbonyl (C=O) groups excluding carboxylic acids is 3. The van der Waals surface area contributed by atoms with E-state index in [9.17, 15) is 14.4 Å². The number of carbonyl (C=O) groups is 3. The first-order valence-electron chi connectivity index (χ1n) is 8.78. The number of nitrogens with one attached hydrogen (secondary N) is 1. The maximum atomic E-state index is 12.5. The van der Waals surface area contributed by atoms with Crippen molar-refractivity contribution in [1.82, 2.24) is 0 Å². The first kappa shape index (κ1) is 22.9. The van der Waals surface area contributed by atoms with Gasteiger partial charge in [0.15, 0.2) is 11.5 Å². The van der Waals surface area contributed by atoms with Crippen LogP contribution in [0.5, 0.6) is 17.2 Å². The SMILES string of the molecule is C=CC(=O)OCOc1ccc(C(=O)Oc2ccccc2C=N)cc1OCOC(=O)C=C. The molecule has 0 unspecified atom stereocenters. The van der Waals surface area contributed by atoms with E-state index >= 15 is 0 Å². The van der Waals surface area contributed by atoms with E-state index in [-0.39, 0.29) is 22.8 Å². The molecule has 0 fully saturated rings. The maximum absolute atomic E-state index is 12.5. The summed E-state index contributed by atoms with van der Waals surface area (Å²) >= 11 is 0. The molecule has 0 aromatic heterocycles. The summed E-state index contributed by atoms with van der Waals surface area (Å²) in [5.74, 6) is -1.76.